The van der Waals surface area contributed by atoms with Gasteiger partial charge in [-0.25, -0.2) is 0 Å². The van der Waals surface area contributed by atoms with Crippen molar-refractivity contribution in [2.75, 3.05) is 0 Å². The van der Waals surface area contributed by atoms with E-state index in [-0.39, 0.29) is 10.8 Å². The Morgan fingerprint density at radius 2 is 1.06 bits per heavy atom. The van der Waals surface area contributed by atoms with E-state index in [1.807, 2.05) is 12.2 Å². The van der Waals surface area contributed by atoms with Crippen molar-refractivity contribution < 1.29 is 0 Å². The van der Waals surface area contributed by atoms with E-state index in [1.165, 1.54) is 57.3 Å². The maximum absolute atomic E-state index is 3.91. The molecular formula is C31H42. The molecule has 0 unspecified atom stereocenters. The van der Waals surface area contributed by atoms with Crippen LogP contribution in [0.2, 0.25) is 0 Å². The van der Waals surface area contributed by atoms with Crippen molar-refractivity contribution in [3.8, 4) is 11.1 Å². The lowest BCUT2D eigenvalue weighted by Gasteiger charge is -2.26. The van der Waals surface area contributed by atoms with E-state index in [4.69, 9.17) is 0 Å². The van der Waals surface area contributed by atoms with Crippen molar-refractivity contribution in [2.45, 2.75) is 97.3 Å². The number of unbranched alkanes of at least 4 members (excludes halogenated alkanes) is 2. The Balaban J connectivity index is 2.09. The van der Waals surface area contributed by atoms with Crippen molar-refractivity contribution in [3.05, 3.63) is 83.0 Å². The fourth-order valence-corrected chi connectivity index (χ4v) is 5.07. The van der Waals surface area contributed by atoms with Gasteiger partial charge in [0.25, 0.3) is 0 Å². The summed E-state index contributed by atoms with van der Waals surface area (Å²) in [6.45, 7) is 21.9. The summed E-state index contributed by atoms with van der Waals surface area (Å²) in [5.41, 5.74) is 12.3. The minimum absolute atomic E-state index is 0.152. The molecule has 0 saturated heterocycles. The van der Waals surface area contributed by atoms with E-state index in [9.17, 15) is 0 Å². The van der Waals surface area contributed by atoms with Crippen molar-refractivity contribution in [3.63, 3.8) is 0 Å². The predicted octanol–water partition coefficient (Wildman–Crippen LogP) is 8.87. The van der Waals surface area contributed by atoms with Crippen LogP contribution in [0, 0.1) is 0 Å². The second-order valence-corrected chi connectivity index (χ2v) is 11.4. The molecule has 0 heteroatoms. The van der Waals surface area contributed by atoms with Crippen LogP contribution in [0.3, 0.4) is 0 Å². The molecule has 0 radical (unpaired) electrons. The molecule has 0 nitrogen and oxygen atoms in total. The van der Waals surface area contributed by atoms with E-state index in [0.717, 1.165) is 32.1 Å². The molecule has 0 bridgehead atoms. The molecule has 0 N–H and O–H groups in total. The maximum Gasteiger partial charge on any atom is -0.00132 e. The Labute approximate surface area is 191 Å². The zero-order valence-electron chi connectivity index (χ0n) is 20.8. The predicted molar refractivity (Wildman–Crippen MR) is 138 cm³/mol. The van der Waals surface area contributed by atoms with Crippen LogP contribution in [-0.2, 0) is 30.1 Å². The minimum Gasteiger partial charge on any atom is -0.103 e. The van der Waals surface area contributed by atoms with Crippen LogP contribution in [0.4, 0.5) is 0 Å². The van der Waals surface area contributed by atoms with Gasteiger partial charge in [-0.2, -0.15) is 0 Å². The topological polar surface area (TPSA) is 0 Å². The first-order chi connectivity index (χ1) is 14.6. The number of hydrogen-bond acceptors (Lipinski definition) is 0. The smallest absolute Gasteiger partial charge is 0.00132 e. The van der Waals surface area contributed by atoms with Crippen molar-refractivity contribution >= 4 is 0 Å². The monoisotopic (exact) mass is 414 g/mol. The average molecular weight is 415 g/mol. The number of allylic oxidation sites excluding steroid dienone is 2. The highest BCUT2D eigenvalue weighted by Gasteiger charge is 2.28. The molecule has 0 heterocycles. The number of rotatable bonds is 8. The van der Waals surface area contributed by atoms with Crippen LogP contribution in [0.15, 0.2) is 49.6 Å². The first kappa shape index (κ1) is 23.6. The van der Waals surface area contributed by atoms with Crippen molar-refractivity contribution in [2.24, 2.45) is 0 Å². The van der Waals surface area contributed by atoms with Gasteiger partial charge in [-0.1, -0.05) is 78.0 Å². The molecule has 166 valence electrons. The molecule has 2 aromatic carbocycles. The molecular weight excluding hydrogens is 372 g/mol. The third kappa shape index (κ3) is 5.22. The lowest BCUT2D eigenvalue weighted by Crippen LogP contribution is -2.15. The highest BCUT2D eigenvalue weighted by atomic mass is 14.3. The van der Waals surface area contributed by atoms with E-state index in [2.05, 4.69) is 79.0 Å². The van der Waals surface area contributed by atoms with Gasteiger partial charge in [0.1, 0.15) is 0 Å². The fourth-order valence-electron chi connectivity index (χ4n) is 5.07. The molecule has 0 atom stereocenters. The Kier molecular flexibility index (Phi) is 6.99. The van der Waals surface area contributed by atoms with Crippen molar-refractivity contribution in [1.29, 1.82) is 0 Å². The lowest BCUT2D eigenvalue weighted by molar-refractivity contribution is 0.579. The third-order valence-electron chi connectivity index (χ3n) is 6.65. The molecule has 0 fully saturated rings. The van der Waals surface area contributed by atoms with Gasteiger partial charge in [0.15, 0.2) is 0 Å². The maximum atomic E-state index is 3.91. The van der Waals surface area contributed by atoms with Crippen LogP contribution < -0.4 is 0 Å². The number of hydrogen-bond donors (Lipinski definition) is 0. The van der Waals surface area contributed by atoms with Gasteiger partial charge in [-0.15, -0.1) is 13.2 Å². The molecule has 3 rings (SSSR count). The van der Waals surface area contributed by atoms with Crippen molar-refractivity contribution in [1.82, 2.24) is 0 Å². The molecule has 0 amide bonds. The molecule has 0 spiro atoms. The van der Waals surface area contributed by atoms with Gasteiger partial charge >= 0.3 is 0 Å². The summed E-state index contributed by atoms with van der Waals surface area (Å²) < 4.78 is 0. The normalized spacial score (nSPS) is 13.1. The molecule has 2 aromatic rings. The highest BCUT2D eigenvalue weighted by Crippen LogP contribution is 2.44. The van der Waals surface area contributed by atoms with Crippen LogP contribution in [0.1, 0.15) is 101 Å². The summed E-state index contributed by atoms with van der Waals surface area (Å²) in [5.74, 6) is 0. The summed E-state index contributed by atoms with van der Waals surface area (Å²) in [7, 11) is 0. The first-order valence-electron chi connectivity index (χ1n) is 12.1. The van der Waals surface area contributed by atoms with E-state index in [1.54, 1.807) is 0 Å². The van der Waals surface area contributed by atoms with E-state index >= 15 is 0 Å². The summed E-state index contributed by atoms with van der Waals surface area (Å²) >= 11 is 0. The van der Waals surface area contributed by atoms with Crippen LogP contribution >= 0.6 is 0 Å². The lowest BCUT2D eigenvalue weighted by atomic mass is 9.79. The van der Waals surface area contributed by atoms with Gasteiger partial charge < -0.3 is 0 Å². The third-order valence-corrected chi connectivity index (χ3v) is 6.65. The summed E-state index contributed by atoms with van der Waals surface area (Å²) in [4.78, 5) is 0. The van der Waals surface area contributed by atoms with Gasteiger partial charge in [0, 0.05) is 0 Å². The second-order valence-electron chi connectivity index (χ2n) is 11.4. The van der Waals surface area contributed by atoms with Crippen LogP contribution in [-0.4, -0.2) is 0 Å². The zero-order valence-corrected chi connectivity index (χ0v) is 20.8. The van der Waals surface area contributed by atoms with E-state index < -0.39 is 0 Å². The number of fused-ring (bicyclic) bond motifs is 3. The fraction of sp³-hybridized carbons (Fsp3) is 0.484. The number of benzene rings is 2. The number of aryl methyl sites for hydroxylation is 2. The molecule has 1 aliphatic carbocycles. The first-order valence-corrected chi connectivity index (χ1v) is 12.1. The minimum atomic E-state index is 0.152. The Morgan fingerprint density at radius 1 is 0.677 bits per heavy atom. The summed E-state index contributed by atoms with van der Waals surface area (Å²) in [6.07, 6.45) is 12.0. The molecule has 31 heavy (non-hydrogen) atoms. The molecule has 0 aromatic heterocycles. The SMILES string of the molecule is C=CCCCc1cc2c(cc1C(C)(C)C)-c1cc(C(C)(C)C)c(CCCC=C)cc1C2. The Hall–Kier alpha value is -2.08. The molecule has 0 saturated carbocycles. The summed E-state index contributed by atoms with van der Waals surface area (Å²) in [6, 6.07) is 10.1. The van der Waals surface area contributed by atoms with E-state index in [0.29, 0.717) is 0 Å². The Morgan fingerprint density at radius 3 is 1.39 bits per heavy atom. The van der Waals surface area contributed by atoms with Gasteiger partial charge in [0.2, 0.25) is 0 Å². The van der Waals surface area contributed by atoms with Gasteiger partial charge in [-0.3, -0.25) is 0 Å². The van der Waals surface area contributed by atoms with Gasteiger partial charge in [0.05, 0.1) is 0 Å². The standard InChI is InChI=1S/C31H42/c1-9-11-13-15-22-17-24-19-25-18-23(16-14-12-10-2)29(31(6,7)8)21-27(25)26(24)20-28(22)30(3,4)5/h9-10,17-18,20-21H,1-2,11-16,19H2,3-8H3. The zero-order chi connectivity index (χ0) is 22.8. The summed E-state index contributed by atoms with van der Waals surface area (Å²) in [5, 5.41) is 0. The van der Waals surface area contributed by atoms with Crippen LogP contribution in [0.5, 0.6) is 0 Å². The highest BCUT2D eigenvalue weighted by molar-refractivity contribution is 5.79. The largest absolute Gasteiger partial charge is 0.103 e. The Bertz CT molecular complexity index is 877. The quantitative estimate of drug-likeness (QED) is 0.255. The molecule has 0 aliphatic heterocycles. The van der Waals surface area contributed by atoms with Crippen LogP contribution in [0.25, 0.3) is 11.1 Å². The average Bonchev–Trinajstić information content (AvgIpc) is 3.02. The molecule has 1 aliphatic rings. The van der Waals surface area contributed by atoms with Gasteiger partial charge in [-0.05, 0) is 100 Å². The second kappa shape index (κ2) is 9.19.